The van der Waals surface area contributed by atoms with E-state index in [1.54, 1.807) is 0 Å². The minimum Gasteiger partial charge on any atom is -0.465 e. The number of benzene rings is 1. The molecule has 0 aromatic heterocycles. The van der Waals surface area contributed by atoms with Gasteiger partial charge in [0.25, 0.3) is 0 Å². The van der Waals surface area contributed by atoms with Gasteiger partial charge in [-0.1, -0.05) is 28.1 Å². The summed E-state index contributed by atoms with van der Waals surface area (Å²) in [6.45, 7) is 0.342. The van der Waals surface area contributed by atoms with E-state index in [0.29, 0.717) is 6.54 Å². The summed E-state index contributed by atoms with van der Waals surface area (Å²) >= 11 is 3.29. The monoisotopic (exact) mass is 337 g/mol. The molecule has 5 nitrogen and oxygen atoms in total. The number of amides is 1. The lowest BCUT2D eigenvalue weighted by Crippen LogP contribution is -2.19. The van der Waals surface area contributed by atoms with Gasteiger partial charge in [0, 0.05) is 11.0 Å². The lowest BCUT2D eigenvalue weighted by molar-refractivity contribution is -0.113. The smallest absolute Gasteiger partial charge is 0.404 e. The molecule has 0 bridgehead atoms. The van der Waals surface area contributed by atoms with Crippen molar-refractivity contribution >= 4 is 33.6 Å². The van der Waals surface area contributed by atoms with Gasteiger partial charge in [-0.2, -0.15) is 0 Å². The summed E-state index contributed by atoms with van der Waals surface area (Å²) in [4.78, 5) is 30.7. The summed E-state index contributed by atoms with van der Waals surface area (Å²) < 4.78 is 0.951. The molecule has 1 aliphatic rings. The number of rotatable bonds is 2. The van der Waals surface area contributed by atoms with Crippen LogP contribution in [0.5, 0.6) is 0 Å². The molecular weight excluding hydrogens is 326 g/mol. The predicted octanol–water partition coefficient (Wildman–Crippen LogP) is 2.47. The molecular formula is C14H12BrNO4. The predicted molar refractivity (Wildman–Crippen MR) is 77.3 cm³/mol. The zero-order valence-electron chi connectivity index (χ0n) is 10.4. The van der Waals surface area contributed by atoms with Crippen LogP contribution >= 0.6 is 15.9 Å². The van der Waals surface area contributed by atoms with Crippen molar-refractivity contribution in [1.29, 1.82) is 0 Å². The Kier molecular flexibility index (Phi) is 6.39. The molecule has 6 heteroatoms. The van der Waals surface area contributed by atoms with E-state index < -0.39 is 6.09 Å². The number of hydrogen-bond donors (Lipinski definition) is 2. The third kappa shape index (κ3) is 6.65. The zero-order chi connectivity index (χ0) is 15.0. The van der Waals surface area contributed by atoms with Crippen LogP contribution in [0.15, 0.2) is 53.0 Å². The topological polar surface area (TPSA) is 83.5 Å². The molecule has 2 rings (SSSR count). The fourth-order valence-corrected chi connectivity index (χ4v) is 1.71. The van der Waals surface area contributed by atoms with Crippen molar-refractivity contribution in [3.8, 4) is 0 Å². The summed E-state index contributed by atoms with van der Waals surface area (Å²) in [5.41, 5.74) is 0.937. The van der Waals surface area contributed by atoms with Crippen LogP contribution in [0.1, 0.15) is 5.56 Å². The average Bonchev–Trinajstić information content (AvgIpc) is 2.41. The number of allylic oxidation sites excluding steroid dienone is 4. The minimum absolute atomic E-state index is 0.121. The first-order valence-corrected chi connectivity index (χ1v) is 6.42. The molecule has 2 N–H and O–H groups in total. The summed E-state index contributed by atoms with van der Waals surface area (Å²) in [5, 5.41) is 10.6. The Morgan fingerprint density at radius 3 is 2.10 bits per heavy atom. The normalized spacial score (nSPS) is 12.7. The fraction of sp³-hybridized carbons (Fsp3) is 0.0714. The van der Waals surface area contributed by atoms with Gasteiger partial charge in [0.05, 0.1) is 0 Å². The number of carboxylic acid groups (broad SMARTS) is 1. The lowest BCUT2D eigenvalue weighted by Gasteiger charge is -2.00. The van der Waals surface area contributed by atoms with Gasteiger partial charge < -0.3 is 10.4 Å². The summed E-state index contributed by atoms with van der Waals surface area (Å²) in [5.74, 6) is -0.241. The SMILES string of the molecule is O=C(O)NCc1cccc(Br)c1.O=C1C=CC(=O)C=C1. The van der Waals surface area contributed by atoms with Gasteiger partial charge in [-0.05, 0) is 42.0 Å². The lowest BCUT2D eigenvalue weighted by atomic mass is 10.2. The standard InChI is InChI=1S/C8H8BrNO2.C6H4O2/c9-7-3-1-2-6(4-7)5-10-8(11)12;7-5-1-2-6(8)4-3-5/h1-4,10H,5H2,(H,11,12);1-4H. The van der Waals surface area contributed by atoms with Gasteiger partial charge >= 0.3 is 6.09 Å². The van der Waals surface area contributed by atoms with Gasteiger partial charge in [0.2, 0.25) is 0 Å². The molecule has 0 aliphatic heterocycles. The molecule has 1 aromatic rings. The summed E-state index contributed by atoms with van der Waals surface area (Å²) in [6, 6.07) is 7.49. The first kappa shape index (κ1) is 15.8. The highest BCUT2D eigenvalue weighted by atomic mass is 79.9. The van der Waals surface area contributed by atoms with E-state index in [1.165, 1.54) is 24.3 Å². The number of carbonyl (C=O) groups is 3. The Bertz CT molecular complexity index is 540. The van der Waals surface area contributed by atoms with Crippen molar-refractivity contribution in [1.82, 2.24) is 5.32 Å². The Morgan fingerprint density at radius 2 is 1.65 bits per heavy atom. The zero-order valence-corrected chi connectivity index (χ0v) is 12.0. The van der Waals surface area contributed by atoms with Gasteiger partial charge in [-0.3, -0.25) is 9.59 Å². The maximum atomic E-state index is 10.3. The number of ketones is 2. The first-order valence-electron chi connectivity index (χ1n) is 5.62. The van der Waals surface area contributed by atoms with E-state index in [0.717, 1.165) is 10.0 Å². The van der Waals surface area contributed by atoms with Gasteiger partial charge in [-0.25, -0.2) is 4.79 Å². The van der Waals surface area contributed by atoms with E-state index in [1.807, 2.05) is 24.3 Å². The van der Waals surface area contributed by atoms with E-state index in [4.69, 9.17) is 5.11 Å². The van der Waals surface area contributed by atoms with E-state index >= 15 is 0 Å². The molecule has 1 aliphatic carbocycles. The molecule has 0 radical (unpaired) electrons. The number of hydrogen-bond acceptors (Lipinski definition) is 3. The maximum Gasteiger partial charge on any atom is 0.404 e. The fourth-order valence-electron chi connectivity index (χ4n) is 1.26. The van der Waals surface area contributed by atoms with Crippen molar-refractivity contribution in [2.75, 3.05) is 0 Å². The van der Waals surface area contributed by atoms with E-state index in [2.05, 4.69) is 21.2 Å². The molecule has 1 amide bonds. The quantitative estimate of drug-likeness (QED) is 0.812. The molecule has 0 unspecified atom stereocenters. The van der Waals surface area contributed by atoms with E-state index in [9.17, 15) is 14.4 Å². The molecule has 0 spiro atoms. The molecule has 104 valence electrons. The van der Waals surface area contributed by atoms with Gasteiger partial charge in [-0.15, -0.1) is 0 Å². The van der Waals surface area contributed by atoms with Gasteiger partial charge in [0.15, 0.2) is 11.6 Å². The van der Waals surface area contributed by atoms with Crippen LogP contribution in [-0.2, 0) is 16.1 Å². The molecule has 0 saturated heterocycles. The Hall–Kier alpha value is -2.21. The van der Waals surface area contributed by atoms with Crippen LogP contribution in [0.2, 0.25) is 0 Å². The largest absolute Gasteiger partial charge is 0.465 e. The van der Waals surface area contributed by atoms with Crippen molar-refractivity contribution in [2.24, 2.45) is 0 Å². The minimum atomic E-state index is -1.00. The second-order valence-electron chi connectivity index (χ2n) is 3.76. The summed E-state index contributed by atoms with van der Waals surface area (Å²) in [7, 11) is 0. The van der Waals surface area contributed by atoms with Crippen LogP contribution in [0.25, 0.3) is 0 Å². The van der Waals surface area contributed by atoms with Crippen molar-refractivity contribution in [3.05, 3.63) is 58.6 Å². The molecule has 0 heterocycles. The van der Waals surface area contributed by atoms with Crippen molar-refractivity contribution in [3.63, 3.8) is 0 Å². The van der Waals surface area contributed by atoms with Crippen LogP contribution in [-0.4, -0.2) is 22.8 Å². The van der Waals surface area contributed by atoms with Crippen LogP contribution in [0, 0.1) is 0 Å². The molecule has 0 saturated carbocycles. The maximum absolute atomic E-state index is 10.3. The van der Waals surface area contributed by atoms with Crippen molar-refractivity contribution < 1.29 is 19.5 Å². The van der Waals surface area contributed by atoms with Crippen LogP contribution in [0.3, 0.4) is 0 Å². The third-order valence-electron chi connectivity index (χ3n) is 2.16. The van der Waals surface area contributed by atoms with Crippen molar-refractivity contribution in [2.45, 2.75) is 6.54 Å². The molecule has 1 aromatic carbocycles. The van der Waals surface area contributed by atoms with E-state index in [-0.39, 0.29) is 11.6 Å². The highest BCUT2D eigenvalue weighted by Crippen LogP contribution is 2.11. The third-order valence-corrected chi connectivity index (χ3v) is 2.65. The highest BCUT2D eigenvalue weighted by Gasteiger charge is 1.98. The number of nitrogens with one attached hydrogen (secondary N) is 1. The summed E-state index contributed by atoms with van der Waals surface area (Å²) in [6.07, 6.45) is 4.00. The average molecular weight is 338 g/mol. The highest BCUT2D eigenvalue weighted by molar-refractivity contribution is 9.10. The number of halogens is 1. The molecule has 0 atom stereocenters. The second-order valence-corrected chi connectivity index (χ2v) is 4.68. The molecule has 20 heavy (non-hydrogen) atoms. The number of carbonyl (C=O) groups excluding carboxylic acids is 2. The Labute approximate surface area is 124 Å². The van der Waals surface area contributed by atoms with Crippen LogP contribution in [0.4, 0.5) is 4.79 Å². The first-order chi connectivity index (χ1) is 9.47. The van der Waals surface area contributed by atoms with Crippen LogP contribution < -0.4 is 5.32 Å². The van der Waals surface area contributed by atoms with Gasteiger partial charge in [0.1, 0.15) is 0 Å². The Morgan fingerprint density at radius 1 is 1.10 bits per heavy atom. The molecule has 0 fully saturated rings. The second kappa shape index (κ2) is 8.06. The Balaban J connectivity index is 0.000000217.